The van der Waals surface area contributed by atoms with Crippen molar-refractivity contribution in [2.45, 2.75) is 54.5 Å². The average Bonchev–Trinajstić information content (AvgIpc) is 2.29. The second-order valence-corrected chi connectivity index (χ2v) is 6.98. The number of nitrogens with zero attached hydrogens (tertiary/aromatic N) is 2. The van der Waals surface area contributed by atoms with Gasteiger partial charge in [-0.15, -0.1) is 0 Å². The second kappa shape index (κ2) is 7.07. The lowest BCUT2D eigenvalue weighted by molar-refractivity contribution is 0.417. The van der Waals surface area contributed by atoms with E-state index in [1.165, 1.54) is 11.1 Å². The Labute approximate surface area is 124 Å². The molecule has 0 fully saturated rings. The lowest BCUT2D eigenvalue weighted by atomic mass is 9.96. The second-order valence-electron chi connectivity index (χ2n) is 6.98. The summed E-state index contributed by atoms with van der Waals surface area (Å²) in [6.45, 7) is 16.2. The first kappa shape index (κ1) is 17.0. The van der Waals surface area contributed by atoms with Gasteiger partial charge in [0.2, 0.25) is 0 Å². The highest BCUT2D eigenvalue weighted by Gasteiger charge is 2.18. The highest BCUT2D eigenvalue weighted by atomic mass is 15.2. The SMILES string of the molecule is CCCNCc1c(C)cc(C)nc1N(C)CC(C)(C)C. The topological polar surface area (TPSA) is 28.2 Å². The number of pyridine rings is 1. The molecule has 0 unspecified atom stereocenters. The summed E-state index contributed by atoms with van der Waals surface area (Å²) < 4.78 is 0. The molecule has 1 heterocycles. The van der Waals surface area contributed by atoms with Crippen molar-refractivity contribution in [3.05, 3.63) is 22.9 Å². The van der Waals surface area contributed by atoms with Crippen LogP contribution < -0.4 is 10.2 Å². The van der Waals surface area contributed by atoms with Crippen LogP contribution in [0.1, 0.15) is 50.9 Å². The molecule has 20 heavy (non-hydrogen) atoms. The quantitative estimate of drug-likeness (QED) is 0.804. The Morgan fingerprint density at radius 3 is 2.45 bits per heavy atom. The van der Waals surface area contributed by atoms with E-state index in [4.69, 9.17) is 4.98 Å². The summed E-state index contributed by atoms with van der Waals surface area (Å²) in [4.78, 5) is 7.08. The minimum absolute atomic E-state index is 0.266. The minimum atomic E-state index is 0.266. The zero-order valence-corrected chi connectivity index (χ0v) is 14.3. The zero-order chi connectivity index (χ0) is 15.3. The molecule has 3 nitrogen and oxygen atoms in total. The minimum Gasteiger partial charge on any atom is -0.359 e. The van der Waals surface area contributed by atoms with Crippen molar-refractivity contribution in [1.29, 1.82) is 0 Å². The van der Waals surface area contributed by atoms with Crippen molar-refractivity contribution in [3.63, 3.8) is 0 Å². The van der Waals surface area contributed by atoms with Crippen molar-refractivity contribution in [3.8, 4) is 0 Å². The molecular formula is C17H31N3. The van der Waals surface area contributed by atoms with Gasteiger partial charge < -0.3 is 10.2 Å². The first-order chi connectivity index (χ1) is 9.24. The van der Waals surface area contributed by atoms with Gasteiger partial charge in [0.15, 0.2) is 0 Å². The van der Waals surface area contributed by atoms with Gasteiger partial charge in [-0.25, -0.2) is 4.98 Å². The molecule has 0 saturated heterocycles. The third-order valence-electron chi connectivity index (χ3n) is 3.26. The van der Waals surface area contributed by atoms with Crippen LogP contribution in [0.5, 0.6) is 0 Å². The van der Waals surface area contributed by atoms with Crippen molar-refractivity contribution in [2.24, 2.45) is 5.41 Å². The van der Waals surface area contributed by atoms with E-state index in [-0.39, 0.29) is 5.41 Å². The molecule has 3 heteroatoms. The number of hydrogen-bond donors (Lipinski definition) is 1. The summed E-state index contributed by atoms with van der Waals surface area (Å²) in [6, 6.07) is 2.18. The van der Waals surface area contributed by atoms with Gasteiger partial charge in [0.1, 0.15) is 5.82 Å². The fraction of sp³-hybridized carbons (Fsp3) is 0.706. The van der Waals surface area contributed by atoms with Crippen LogP contribution in [0.25, 0.3) is 0 Å². The molecule has 0 atom stereocenters. The molecule has 1 rings (SSSR count). The Morgan fingerprint density at radius 2 is 1.90 bits per heavy atom. The summed E-state index contributed by atoms with van der Waals surface area (Å²) in [5, 5.41) is 3.50. The zero-order valence-electron chi connectivity index (χ0n) is 14.3. The van der Waals surface area contributed by atoms with E-state index >= 15 is 0 Å². The van der Waals surface area contributed by atoms with Gasteiger partial charge in [0.05, 0.1) is 0 Å². The number of rotatable bonds is 6. The molecule has 0 spiro atoms. The lowest BCUT2D eigenvalue weighted by Crippen LogP contribution is -2.31. The van der Waals surface area contributed by atoms with E-state index < -0.39 is 0 Å². The highest BCUT2D eigenvalue weighted by molar-refractivity contribution is 5.51. The van der Waals surface area contributed by atoms with E-state index in [0.29, 0.717) is 0 Å². The maximum atomic E-state index is 4.78. The van der Waals surface area contributed by atoms with Crippen molar-refractivity contribution in [2.75, 3.05) is 25.0 Å². The number of aromatic nitrogens is 1. The van der Waals surface area contributed by atoms with Crippen LogP contribution in [0, 0.1) is 19.3 Å². The predicted octanol–water partition coefficient (Wildman–Crippen LogP) is 3.68. The van der Waals surface area contributed by atoms with Crippen molar-refractivity contribution < 1.29 is 0 Å². The smallest absolute Gasteiger partial charge is 0.133 e. The van der Waals surface area contributed by atoms with E-state index in [1.807, 2.05) is 0 Å². The van der Waals surface area contributed by atoms with E-state index in [0.717, 1.165) is 37.6 Å². The number of anilines is 1. The van der Waals surface area contributed by atoms with Crippen molar-refractivity contribution >= 4 is 5.82 Å². The molecule has 0 amide bonds. The van der Waals surface area contributed by atoms with Crippen LogP contribution in [-0.2, 0) is 6.54 Å². The van der Waals surface area contributed by atoms with E-state index in [1.54, 1.807) is 0 Å². The van der Waals surface area contributed by atoms with Gasteiger partial charge in [-0.3, -0.25) is 0 Å². The van der Waals surface area contributed by atoms with Crippen molar-refractivity contribution in [1.82, 2.24) is 10.3 Å². The van der Waals surface area contributed by atoms with Crippen LogP contribution in [0.15, 0.2) is 6.07 Å². The molecule has 0 aliphatic rings. The molecule has 0 bridgehead atoms. The Hall–Kier alpha value is -1.09. The van der Waals surface area contributed by atoms with Gasteiger partial charge in [0, 0.05) is 31.4 Å². The maximum absolute atomic E-state index is 4.78. The molecule has 114 valence electrons. The van der Waals surface area contributed by atoms with Gasteiger partial charge in [-0.05, 0) is 43.9 Å². The summed E-state index contributed by atoms with van der Waals surface area (Å²) in [5.41, 5.74) is 4.02. The number of aryl methyl sites for hydroxylation is 2. The Kier molecular flexibility index (Phi) is 6.00. The number of hydrogen-bond acceptors (Lipinski definition) is 3. The van der Waals surface area contributed by atoms with E-state index in [9.17, 15) is 0 Å². The predicted molar refractivity (Wildman–Crippen MR) is 88.4 cm³/mol. The molecular weight excluding hydrogens is 246 g/mol. The van der Waals surface area contributed by atoms with E-state index in [2.05, 4.69) is 64.9 Å². The van der Waals surface area contributed by atoms with Gasteiger partial charge in [-0.1, -0.05) is 27.7 Å². The van der Waals surface area contributed by atoms with Crippen LogP contribution in [-0.4, -0.2) is 25.1 Å². The summed E-state index contributed by atoms with van der Waals surface area (Å²) >= 11 is 0. The first-order valence-electron chi connectivity index (χ1n) is 7.63. The molecule has 1 aromatic heterocycles. The third kappa shape index (κ3) is 5.12. The van der Waals surface area contributed by atoms with Gasteiger partial charge >= 0.3 is 0 Å². The lowest BCUT2D eigenvalue weighted by Gasteiger charge is -2.30. The summed E-state index contributed by atoms with van der Waals surface area (Å²) in [7, 11) is 2.15. The van der Waals surface area contributed by atoms with Crippen LogP contribution >= 0.6 is 0 Å². The van der Waals surface area contributed by atoms with Gasteiger partial charge in [0.25, 0.3) is 0 Å². The normalized spacial score (nSPS) is 11.8. The summed E-state index contributed by atoms with van der Waals surface area (Å²) in [6.07, 6.45) is 1.16. The monoisotopic (exact) mass is 277 g/mol. The molecule has 0 radical (unpaired) electrons. The van der Waals surface area contributed by atoms with Gasteiger partial charge in [-0.2, -0.15) is 0 Å². The Balaban J connectivity index is 3.02. The number of nitrogens with one attached hydrogen (secondary N) is 1. The van der Waals surface area contributed by atoms with Crippen LogP contribution in [0.3, 0.4) is 0 Å². The highest BCUT2D eigenvalue weighted by Crippen LogP contribution is 2.25. The largest absolute Gasteiger partial charge is 0.359 e. The molecule has 1 aromatic rings. The Morgan fingerprint density at radius 1 is 1.25 bits per heavy atom. The van der Waals surface area contributed by atoms with Crippen LogP contribution in [0.2, 0.25) is 0 Å². The molecule has 1 N–H and O–H groups in total. The fourth-order valence-electron chi connectivity index (χ4n) is 2.55. The molecule has 0 saturated carbocycles. The average molecular weight is 277 g/mol. The standard InChI is InChI=1S/C17H31N3/c1-8-9-18-11-15-13(2)10-14(3)19-16(15)20(7)12-17(4,5)6/h10,18H,8-9,11-12H2,1-7H3. The first-order valence-corrected chi connectivity index (χ1v) is 7.63. The maximum Gasteiger partial charge on any atom is 0.133 e. The summed E-state index contributed by atoms with van der Waals surface area (Å²) in [5.74, 6) is 1.13. The third-order valence-corrected chi connectivity index (χ3v) is 3.26. The fourth-order valence-corrected chi connectivity index (χ4v) is 2.55. The van der Waals surface area contributed by atoms with Crippen LogP contribution in [0.4, 0.5) is 5.82 Å². The Bertz CT molecular complexity index is 433. The molecule has 0 aromatic carbocycles. The molecule has 0 aliphatic carbocycles. The molecule has 0 aliphatic heterocycles.